The van der Waals surface area contributed by atoms with Gasteiger partial charge in [0.15, 0.2) is 0 Å². The van der Waals surface area contributed by atoms with Crippen LogP contribution in [0.4, 0.5) is 0 Å². The Kier molecular flexibility index (Phi) is 7.62. The Balaban J connectivity index is 0.996. The second-order valence-corrected chi connectivity index (χ2v) is 16.0. The lowest BCUT2D eigenvalue weighted by Gasteiger charge is -2.28. The third-order valence-electron chi connectivity index (χ3n) is 12.7. The van der Waals surface area contributed by atoms with Gasteiger partial charge in [-0.2, -0.15) is 0 Å². The smallest absolute Gasteiger partial charge is 0.103 e. The zero-order valence-corrected chi connectivity index (χ0v) is 32.1. The molecule has 3 aliphatic carbocycles. The third kappa shape index (κ3) is 5.23. The molecule has 6 aromatic carbocycles. The van der Waals surface area contributed by atoms with Crippen LogP contribution in [0, 0.1) is 5.92 Å². The van der Waals surface area contributed by atoms with Crippen molar-refractivity contribution in [3.8, 4) is 33.6 Å². The summed E-state index contributed by atoms with van der Waals surface area (Å²) in [6, 6.07) is 46.2. The molecule has 8 aromatic rings. The van der Waals surface area contributed by atoms with Crippen LogP contribution >= 0.6 is 0 Å². The molecule has 3 heteroatoms. The molecule has 2 unspecified atom stereocenters. The zero-order chi connectivity index (χ0) is 38.2. The van der Waals surface area contributed by atoms with E-state index in [1.165, 1.54) is 60.1 Å². The van der Waals surface area contributed by atoms with Gasteiger partial charge in [0.25, 0.3) is 0 Å². The van der Waals surface area contributed by atoms with Crippen molar-refractivity contribution in [2.24, 2.45) is 10.9 Å². The van der Waals surface area contributed by atoms with Crippen molar-refractivity contribution in [2.45, 2.75) is 31.7 Å². The van der Waals surface area contributed by atoms with Gasteiger partial charge in [-0.15, -0.1) is 0 Å². The summed E-state index contributed by atoms with van der Waals surface area (Å²) in [4.78, 5) is 16.2. The van der Waals surface area contributed by atoms with Gasteiger partial charge in [0.2, 0.25) is 0 Å². The van der Waals surface area contributed by atoms with Gasteiger partial charge < -0.3 is 0 Å². The maximum Gasteiger partial charge on any atom is 0.103 e. The van der Waals surface area contributed by atoms with E-state index in [0.29, 0.717) is 0 Å². The Morgan fingerprint density at radius 1 is 0.500 bits per heavy atom. The molecule has 2 aromatic heterocycles. The lowest BCUT2D eigenvalue weighted by atomic mass is 9.81. The molecule has 0 bridgehead atoms. The van der Waals surface area contributed by atoms with Gasteiger partial charge >= 0.3 is 0 Å². The van der Waals surface area contributed by atoms with Gasteiger partial charge in [0, 0.05) is 22.4 Å². The topological polar surface area (TPSA) is 38.1 Å². The Bertz CT molecular complexity index is 3180. The van der Waals surface area contributed by atoms with Gasteiger partial charge in [-0.1, -0.05) is 152 Å². The summed E-state index contributed by atoms with van der Waals surface area (Å²) in [5.74, 6) is 0.187. The fourth-order valence-corrected chi connectivity index (χ4v) is 9.99. The maximum absolute atomic E-state index is 5.52. The van der Waals surface area contributed by atoms with Gasteiger partial charge in [0.1, 0.15) is 6.04 Å². The molecule has 0 saturated heterocycles. The van der Waals surface area contributed by atoms with Gasteiger partial charge in [-0.25, -0.2) is 9.97 Å². The van der Waals surface area contributed by atoms with E-state index in [1.54, 1.807) is 0 Å². The first-order chi connectivity index (χ1) is 28.8. The average molecular weight is 742 g/mol. The Labute approximate surface area is 338 Å². The number of aliphatic imine (C=N–C) groups is 1. The minimum absolute atomic E-state index is 0.0590. The lowest BCUT2D eigenvalue weighted by Crippen LogP contribution is -2.19. The summed E-state index contributed by atoms with van der Waals surface area (Å²) in [6.07, 6.45) is 22.4. The fourth-order valence-electron chi connectivity index (χ4n) is 9.99. The van der Waals surface area contributed by atoms with Crippen molar-refractivity contribution in [2.75, 3.05) is 0 Å². The summed E-state index contributed by atoms with van der Waals surface area (Å²) in [7, 11) is 0. The van der Waals surface area contributed by atoms with E-state index < -0.39 is 0 Å². The minimum Gasteiger partial charge on any atom is -0.274 e. The molecule has 2 atom stereocenters. The zero-order valence-electron chi connectivity index (χ0n) is 32.1. The standard InChI is InChI=1S/C55H39N3/c1-2-13-34(14-3-1)48-31-27-35-25-26-36-28-32-50(58-55(36)54(35)56-48)44-30-29-39(40-17-4-5-18-41(40)44)37-15-12-16-38(33-37)53-52-46-22-9-7-20-43(46)42-19-6-8-21-45(42)51(52)47-23-10-11-24-49(47)57-53/h1-7,9,11-20,22,24-33,35,54H,8,10,21,23H2. The second kappa shape index (κ2) is 13.3. The van der Waals surface area contributed by atoms with Crippen molar-refractivity contribution < 1.29 is 0 Å². The molecule has 0 N–H and O–H groups in total. The second-order valence-electron chi connectivity index (χ2n) is 16.0. The van der Waals surface area contributed by atoms with E-state index >= 15 is 0 Å². The molecule has 274 valence electrons. The SMILES string of the molecule is C1=Cc2nc(-c3cccc(-c4ccc(-c5ccc6c(n5)C5N=C(c7ccccc7)C=CC5C=C6)c5ccccc45)c3)c3c(c2CC1)c1c(c2ccccc23)C=CCC1. The van der Waals surface area contributed by atoms with E-state index in [1.807, 2.05) is 0 Å². The number of fused-ring (bicyclic) bond motifs is 12. The van der Waals surface area contributed by atoms with E-state index in [0.717, 1.165) is 76.4 Å². The highest BCUT2D eigenvalue weighted by Gasteiger charge is 2.30. The van der Waals surface area contributed by atoms with Crippen LogP contribution in [0.2, 0.25) is 0 Å². The Morgan fingerprint density at radius 3 is 2.09 bits per heavy atom. The number of rotatable bonds is 4. The first kappa shape index (κ1) is 33.2. The number of allylic oxidation sites excluding steroid dienone is 3. The summed E-state index contributed by atoms with van der Waals surface area (Å²) < 4.78 is 0. The van der Waals surface area contributed by atoms with Crippen molar-refractivity contribution in [3.63, 3.8) is 0 Å². The number of aromatic nitrogens is 2. The van der Waals surface area contributed by atoms with Crippen LogP contribution in [0.5, 0.6) is 0 Å². The average Bonchev–Trinajstić information content (AvgIpc) is 3.30. The van der Waals surface area contributed by atoms with Crippen LogP contribution in [-0.2, 0) is 12.8 Å². The molecule has 0 fully saturated rings. The van der Waals surface area contributed by atoms with E-state index in [9.17, 15) is 0 Å². The van der Waals surface area contributed by atoms with Crippen LogP contribution < -0.4 is 0 Å². The highest BCUT2D eigenvalue weighted by molar-refractivity contribution is 6.19. The number of hydrogen-bond donors (Lipinski definition) is 0. The van der Waals surface area contributed by atoms with Crippen molar-refractivity contribution >= 4 is 56.3 Å². The van der Waals surface area contributed by atoms with Crippen LogP contribution in [0.25, 0.3) is 84.2 Å². The van der Waals surface area contributed by atoms with Crippen LogP contribution in [0.3, 0.4) is 0 Å². The first-order valence-electron chi connectivity index (χ1n) is 20.6. The number of dihydropyridines is 1. The number of benzene rings is 6. The Hall–Kier alpha value is -6.97. The molecule has 58 heavy (non-hydrogen) atoms. The van der Waals surface area contributed by atoms with Crippen molar-refractivity contribution in [1.82, 2.24) is 9.97 Å². The van der Waals surface area contributed by atoms with Crippen LogP contribution in [-0.4, -0.2) is 15.7 Å². The molecule has 0 radical (unpaired) electrons. The Morgan fingerprint density at radius 2 is 1.21 bits per heavy atom. The minimum atomic E-state index is -0.0590. The fraction of sp³-hybridized carbons (Fsp3) is 0.109. The summed E-state index contributed by atoms with van der Waals surface area (Å²) in [6.45, 7) is 0. The highest BCUT2D eigenvalue weighted by Crippen LogP contribution is 2.45. The van der Waals surface area contributed by atoms with Gasteiger partial charge in [0.05, 0.1) is 28.5 Å². The predicted molar refractivity (Wildman–Crippen MR) is 243 cm³/mol. The predicted octanol–water partition coefficient (Wildman–Crippen LogP) is 13.6. The van der Waals surface area contributed by atoms with Gasteiger partial charge in [-0.05, 0) is 116 Å². The molecular formula is C55H39N3. The van der Waals surface area contributed by atoms with E-state index in [-0.39, 0.29) is 12.0 Å². The quantitative estimate of drug-likeness (QED) is 0.168. The normalized spacial score (nSPS) is 17.6. The summed E-state index contributed by atoms with van der Waals surface area (Å²) >= 11 is 0. The summed E-state index contributed by atoms with van der Waals surface area (Å²) in [5, 5.41) is 7.71. The van der Waals surface area contributed by atoms with Crippen molar-refractivity contribution in [1.29, 1.82) is 0 Å². The number of aryl methyl sites for hydroxylation is 2. The number of nitrogens with zero attached hydrogens (tertiary/aromatic N) is 3. The maximum atomic E-state index is 5.52. The molecule has 1 aliphatic heterocycles. The highest BCUT2D eigenvalue weighted by atomic mass is 14.9. The summed E-state index contributed by atoms with van der Waals surface area (Å²) in [5.41, 5.74) is 16.4. The lowest BCUT2D eigenvalue weighted by molar-refractivity contribution is 0.592. The van der Waals surface area contributed by atoms with Crippen LogP contribution in [0.1, 0.15) is 58.1 Å². The molecule has 0 saturated carbocycles. The van der Waals surface area contributed by atoms with Crippen molar-refractivity contribution in [3.05, 3.63) is 197 Å². The van der Waals surface area contributed by atoms with Gasteiger partial charge in [-0.3, -0.25) is 4.99 Å². The van der Waals surface area contributed by atoms with E-state index in [2.05, 4.69) is 176 Å². The molecule has 0 spiro atoms. The third-order valence-corrected chi connectivity index (χ3v) is 12.7. The first-order valence-corrected chi connectivity index (χ1v) is 20.6. The molecule has 3 nitrogen and oxygen atoms in total. The number of hydrogen-bond acceptors (Lipinski definition) is 3. The van der Waals surface area contributed by atoms with Crippen LogP contribution in [0.15, 0.2) is 163 Å². The molecule has 0 amide bonds. The molecular weight excluding hydrogens is 703 g/mol. The van der Waals surface area contributed by atoms with E-state index in [4.69, 9.17) is 15.0 Å². The molecule has 4 aliphatic rings. The number of pyridine rings is 2. The molecule has 3 heterocycles. The molecule has 12 rings (SSSR count). The monoisotopic (exact) mass is 741 g/mol. The largest absolute Gasteiger partial charge is 0.274 e.